The van der Waals surface area contributed by atoms with E-state index in [-0.39, 0.29) is 23.7 Å². The average molecular weight is 287 g/mol. The molecule has 114 valence electrons. The van der Waals surface area contributed by atoms with Gasteiger partial charge in [-0.2, -0.15) is 0 Å². The van der Waals surface area contributed by atoms with Crippen molar-refractivity contribution in [3.05, 3.63) is 35.6 Å². The van der Waals surface area contributed by atoms with E-state index in [0.29, 0.717) is 0 Å². The number of hydrogen-bond acceptors (Lipinski definition) is 3. The van der Waals surface area contributed by atoms with Crippen molar-refractivity contribution in [3.8, 4) is 0 Å². The molecule has 0 unspecified atom stereocenters. The Morgan fingerprint density at radius 1 is 1.10 bits per heavy atom. The van der Waals surface area contributed by atoms with Gasteiger partial charge in [0.25, 0.3) is 0 Å². The van der Waals surface area contributed by atoms with Crippen LogP contribution in [0.5, 0.6) is 0 Å². The summed E-state index contributed by atoms with van der Waals surface area (Å²) in [6.45, 7) is 14.8. The van der Waals surface area contributed by atoms with E-state index in [1.807, 2.05) is 18.2 Å². The highest BCUT2D eigenvalue weighted by Gasteiger charge is 2.49. The third kappa shape index (κ3) is 3.56. The third-order valence-corrected chi connectivity index (χ3v) is 4.34. The van der Waals surface area contributed by atoms with E-state index in [9.17, 15) is 0 Å². The van der Waals surface area contributed by atoms with E-state index < -0.39 is 0 Å². The summed E-state index contributed by atoms with van der Waals surface area (Å²) in [5, 5.41) is 0. The monoisotopic (exact) mass is 287 g/mol. The molecule has 0 amide bonds. The molecule has 1 aliphatic rings. The van der Waals surface area contributed by atoms with Gasteiger partial charge in [-0.3, -0.25) is 4.98 Å². The lowest BCUT2D eigenvalue weighted by Crippen LogP contribution is -2.41. The summed E-state index contributed by atoms with van der Waals surface area (Å²) >= 11 is 0. The van der Waals surface area contributed by atoms with Gasteiger partial charge in [0.1, 0.15) is 0 Å². The smallest absolute Gasteiger partial charge is 0.400 e. The molecule has 1 fully saturated rings. The number of aromatic nitrogens is 1. The van der Waals surface area contributed by atoms with Crippen molar-refractivity contribution in [1.29, 1.82) is 0 Å². The summed E-state index contributed by atoms with van der Waals surface area (Å²) < 4.78 is 11.9. The predicted octanol–water partition coefficient (Wildman–Crippen LogP) is 4.02. The van der Waals surface area contributed by atoms with Crippen molar-refractivity contribution < 1.29 is 9.31 Å². The van der Waals surface area contributed by atoms with Crippen LogP contribution in [0.15, 0.2) is 24.3 Å². The zero-order valence-electron chi connectivity index (χ0n) is 14.2. The molecule has 2 heterocycles. The van der Waals surface area contributed by atoms with Gasteiger partial charge in [-0.25, -0.2) is 0 Å². The number of rotatable bonds is 2. The summed E-state index contributed by atoms with van der Waals surface area (Å²) in [4.78, 5) is 4.39. The van der Waals surface area contributed by atoms with Crippen molar-refractivity contribution in [3.63, 3.8) is 0 Å². The first-order chi connectivity index (χ1) is 9.51. The second kappa shape index (κ2) is 5.26. The van der Waals surface area contributed by atoms with E-state index in [0.717, 1.165) is 5.69 Å². The topological polar surface area (TPSA) is 31.4 Å². The minimum absolute atomic E-state index is 0.121. The summed E-state index contributed by atoms with van der Waals surface area (Å²) in [5.41, 5.74) is 1.71. The van der Waals surface area contributed by atoms with Gasteiger partial charge in [0.2, 0.25) is 0 Å². The molecular weight excluding hydrogens is 261 g/mol. The molecule has 2 rings (SSSR count). The summed E-state index contributed by atoms with van der Waals surface area (Å²) in [6.07, 6.45) is 3.82. The average Bonchev–Trinajstić information content (AvgIpc) is 2.55. The first-order valence-corrected chi connectivity index (χ1v) is 7.52. The third-order valence-electron chi connectivity index (χ3n) is 4.34. The Morgan fingerprint density at radius 2 is 1.67 bits per heavy atom. The van der Waals surface area contributed by atoms with Gasteiger partial charge in [-0.15, -0.1) is 0 Å². The highest BCUT2D eigenvalue weighted by Crippen LogP contribution is 2.37. The Kier molecular flexibility index (Phi) is 4.07. The van der Waals surface area contributed by atoms with E-state index in [4.69, 9.17) is 9.31 Å². The maximum Gasteiger partial charge on any atom is 0.487 e. The molecule has 0 saturated carbocycles. The molecule has 21 heavy (non-hydrogen) atoms. The normalized spacial score (nSPS) is 21.2. The Morgan fingerprint density at radius 3 is 2.19 bits per heavy atom. The minimum atomic E-state index is -0.324. The summed E-state index contributed by atoms with van der Waals surface area (Å²) in [5.74, 6) is 1.94. The molecule has 1 saturated heterocycles. The van der Waals surface area contributed by atoms with Gasteiger partial charge in [-0.05, 0) is 56.9 Å². The predicted molar refractivity (Wildman–Crippen MR) is 88.1 cm³/mol. The van der Waals surface area contributed by atoms with E-state index in [1.54, 1.807) is 0 Å². The van der Waals surface area contributed by atoms with Crippen LogP contribution < -0.4 is 0 Å². The Balaban J connectivity index is 2.13. The second-order valence-corrected chi connectivity index (χ2v) is 7.70. The molecule has 1 aliphatic heterocycles. The molecule has 0 N–H and O–H groups in total. The van der Waals surface area contributed by atoms with Gasteiger partial charge >= 0.3 is 7.12 Å². The van der Waals surface area contributed by atoms with Crippen molar-refractivity contribution in [2.24, 2.45) is 0 Å². The van der Waals surface area contributed by atoms with Crippen LogP contribution in [0.1, 0.15) is 59.7 Å². The molecule has 3 nitrogen and oxygen atoms in total. The number of hydrogen-bond donors (Lipinski definition) is 0. The number of pyridine rings is 1. The molecule has 0 aromatic carbocycles. The SMILES string of the molecule is CC(C)(C)c1ccnc(/C=C/B2OC(C)(C)C(C)(C)O2)c1. The fraction of sp³-hybridized carbons (Fsp3) is 0.588. The van der Waals surface area contributed by atoms with Crippen molar-refractivity contribution in [1.82, 2.24) is 4.98 Å². The highest BCUT2D eigenvalue weighted by molar-refractivity contribution is 6.52. The maximum absolute atomic E-state index is 5.95. The van der Waals surface area contributed by atoms with Gasteiger partial charge in [0.15, 0.2) is 0 Å². The van der Waals surface area contributed by atoms with Crippen LogP contribution in [0.25, 0.3) is 6.08 Å². The standard InChI is InChI=1S/C17H26BNO2/c1-15(2,3)13-9-11-19-14(12-13)8-10-18-20-16(4,5)17(6,7)21-18/h8-12H,1-7H3/b10-8+. The van der Waals surface area contributed by atoms with Crippen molar-refractivity contribution in [2.45, 2.75) is 65.1 Å². The quantitative estimate of drug-likeness (QED) is 0.770. The van der Waals surface area contributed by atoms with E-state index >= 15 is 0 Å². The molecule has 0 spiro atoms. The first kappa shape index (κ1) is 16.2. The Bertz CT molecular complexity index is 528. The zero-order valence-corrected chi connectivity index (χ0v) is 14.2. The van der Waals surface area contributed by atoms with E-state index in [2.05, 4.69) is 65.6 Å². The molecule has 0 aliphatic carbocycles. The van der Waals surface area contributed by atoms with Crippen LogP contribution in [0.3, 0.4) is 0 Å². The van der Waals surface area contributed by atoms with Gasteiger partial charge in [0, 0.05) is 6.20 Å². The van der Waals surface area contributed by atoms with Crippen LogP contribution in [0, 0.1) is 0 Å². The molecule has 0 radical (unpaired) electrons. The van der Waals surface area contributed by atoms with Crippen LogP contribution in [-0.4, -0.2) is 23.3 Å². The van der Waals surface area contributed by atoms with Crippen LogP contribution in [0.2, 0.25) is 0 Å². The number of nitrogens with zero attached hydrogens (tertiary/aromatic N) is 1. The molecule has 0 bridgehead atoms. The second-order valence-electron chi connectivity index (χ2n) is 7.70. The highest BCUT2D eigenvalue weighted by atomic mass is 16.7. The van der Waals surface area contributed by atoms with Crippen LogP contribution >= 0.6 is 0 Å². The van der Waals surface area contributed by atoms with Crippen molar-refractivity contribution >= 4 is 13.2 Å². The molecule has 1 aromatic rings. The molecule has 0 atom stereocenters. The lowest BCUT2D eigenvalue weighted by Gasteiger charge is -2.32. The fourth-order valence-electron chi connectivity index (χ4n) is 2.15. The lowest BCUT2D eigenvalue weighted by atomic mass is 9.86. The van der Waals surface area contributed by atoms with E-state index in [1.165, 1.54) is 5.56 Å². The van der Waals surface area contributed by atoms with Gasteiger partial charge in [0.05, 0.1) is 16.9 Å². The Hall–Kier alpha value is -1.13. The zero-order chi connectivity index (χ0) is 15.9. The van der Waals surface area contributed by atoms with Crippen LogP contribution in [0.4, 0.5) is 0 Å². The first-order valence-electron chi connectivity index (χ1n) is 7.52. The maximum atomic E-state index is 5.95. The molecule has 1 aromatic heterocycles. The molecule has 4 heteroatoms. The largest absolute Gasteiger partial charge is 0.487 e. The van der Waals surface area contributed by atoms with Gasteiger partial charge in [-0.1, -0.05) is 26.7 Å². The summed E-state index contributed by atoms with van der Waals surface area (Å²) in [7, 11) is -0.324. The summed E-state index contributed by atoms with van der Waals surface area (Å²) in [6, 6.07) is 4.17. The minimum Gasteiger partial charge on any atom is -0.400 e. The Labute approximate surface area is 128 Å². The molecular formula is C17H26BNO2. The lowest BCUT2D eigenvalue weighted by molar-refractivity contribution is 0.00578. The van der Waals surface area contributed by atoms with Gasteiger partial charge < -0.3 is 9.31 Å². The van der Waals surface area contributed by atoms with Crippen LogP contribution in [-0.2, 0) is 14.7 Å². The van der Waals surface area contributed by atoms with Crippen molar-refractivity contribution in [2.75, 3.05) is 0 Å². The fourth-order valence-corrected chi connectivity index (χ4v) is 2.15.